The molecule has 1 aliphatic rings. The second-order valence-electron chi connectivity index (χ2n) is 6.45. The summed E-state index contributed by atoms with van der Waals surface area (Å²) in [5.41, 5.74) is 0. The second-order valence-corrected chi connectivity index (χ2v) is 9.62. The minimum atomic E-state index is -3.71. The quantitative estimate of drug-likeness (QED) is 0.754. The number of methoxy groups -OCH3 is 2. The van der Waals surface area contributed by atoms with E-state index in [1.165, 1.54) is 19.1 Å². The Morgan fingerprint density at radius 2 is 1.88 bits per heavy atom. The lowest BCUT2D eigenvalue weighted by atomic mass is 10.1. The summed E-state index contributed by atoms with van der Waals surface area (Å²) in [6.45, 7) is 2.57. The van der Waals surface area contributed by atoms with E-state index in [9.17, 15) is 8.42 Å². The maximum absolute atomic E-state index is 13.6. The first-order valence-electron chi connectivity index (χ1n) is 8.77. The Morgan fingerprint density at radius 1 is 1.08 bits per heavy atom. The summed E-state index contributed by atoms with van der Waals surface area (Å²) in [6.07, 6.45) is 3.78. The highest BCUT2D eigenvalue weighted by molar-refractivity contribution is 7.89. The van der Waals surface area contributed by atoms with Crippen molar-refractivity contribution in [2.45, 2.75) is 43.5 Å². The van der Waals surface area contributed by atoms with E-state index in [2.05, 4.69) is 19.1 Å². The molecule has 0 spiro atoms. The molecule has 1 unspecified atom stereocenters. The standard InChI is InChI=1S/C19H25NO4S2/c1-14-8-11-18(25-14)16-7-5-4-6-12-20(16)26(21,22)19-13-15(23-2)9-10-17(19)24-3/h8-11,13,16H,4-7,12H2,1-3H3. The van der Waals surface area contributed by atoms with Crippen molar-refractivity contribution in [2.24, 2.45) is 0 Å². The second kappa shape index (κ2) is 7.98. The smallest absolute Gasteiger partial charge is 0.247 e. The van der Waals surface area contributed by atoms with Gasteiger partial charge in [0.25, 0.3) is 0 Å². The summed E-state index contributed by atoms with van der Waals surface area (Å²) in [6, 6.07) is 8.89. The third kappa shape index (κ3) is 3.75. The highest BCUT2D eigenvalue weighted by atomic mass is 32.2. The predicted molar refractivity (Wildman–Crippen MR) is 104 cm³/mol. The van der Waals surface area contributed by atoms with Gasteiger partial charge < -0.3 is 9.47 Å². The van der Waals surface area contributed by atoms with E-state index in [0.29, 0.717) is 18.0 Å². The monoisotopic (exact) mass is 395 g/mol. The summed E-state index contributed by atoms with van der Waals surface area (Å²) in [7, 11) is -0.695. The van der Waals surface area contributed by atoms with Crippen LogP contribution in [0.3, 0.4) is 0 Å². The number of benzene rings is 1. The molecule has 5 nitrogen and oxygen atoms in total. The normalized spacial score (nSPS) is 19.1. The fraction of sp³-hybridized carbons (Fsp3) is 0.474. The Morgan fingerprint density at radius 3 is 2.54 bits per heavy atom. The Kier molecular flexibility index (Phi) is 5.89. The number of hydrogen-bond donors (Lipinski definition) is 0. The number of sulfonamides is 1. The number of hydrogen-bond acceptors (Lipinski definition) is 5. The molecule has 3 rings (SSSR count). The van der Waals surface area contributed by atoms with E-state index in [1.807, 2.05) is 0 Å². The van der Waals surface area contributed by atoms with Crippen LogP contribution in [0.15, 0.2) is 35.2 Å². The van der Waals surface area contributed by atoms with Crippen LogP contribution in [0.1, 0.15) is 41.5 Å². The van der Waals surface area contributed by atoms with Crippen molar-refractivity contribution in [1.82, 2.24) is 4.31 Å². The molecule has 0 bridgehead atoms. The molecule has 26 heavy (non-hydrogen) atoms. The van der Waals surface area contributed by atoms with Gasteiger partial charge >= 0.3 is 0 Å². The molecule has 1 aliphatic heterocycles. The fourth-order valence-electron chi connectivity index (χ4n) is 3.40. The van der Waals surface area contributed by atoms with Crippen LogP contribution in [0, 0.1) is 6.92 Å². The third-order valence-electron chi connectivity index (χ3n) is 4.75. The van der Waals surface area contributed by atoms with Crippen LogP contribution in [0.2, 0.25) is 0 Å². The summed E-state index contributed by atoms with van der Waals surface area (Å²) >= 11 is 1.67. The molecule has 7 heteroatoms. The molecule has 1 aromatic carbocycles. The zero-order valence-corrected chi connectivity index (χ0v) is 17.0. The number of rotatable bonds is 5. The van der Waals surface area contributed by atoms with Gasteiger partial charge in [-0.25, -0.2) is 8.42 Å². The van der Waals surface area contributed by atoms with E-state index in [-0.39, 0.29) is 10.9 Å². The average Bonchev–Trinajstić information content (AvgIpc) is 2.92. The molecule has 0 saturated carbocycles. The number of aryl methyl sites for hydroxylation is 1. The Labute approximate surface area is 159 Å². The van der Waals surface area contributed by atoms with Crippen LogP contribution in [-0.4, -0.2) is 33.5 Å². The minimum absolute atomic E-state index is 0.128. The Hall–Kier alpha value is -1.57. The summed E-state index contributed by atoms with van der Waals surface area (Å²) < 4.78 is 39.4. The first-order valence-corrected chi connectivity index (χ1v) is 11.0. The van der Waals surface area contributed by atoms with Gasteiger partial charge in [-0.15, -0.1) is 11.3 Å². The van der Waals surface area contributed by atoms with Gasteiger partial charge in [-0.1, -0.05) is 12.8 Å². The van der Waals surface area contributed by atoms with Crippen molar-refractivity contribution < 1.29 is 17.9 Å². The van der Waals surface area contributed by atoms with Crippen molar-refractivity contribution in [3.8, 4) is 11.5 Å². The molecule has 0 amide bonds. The molecule has 2 heterocycles. The number of nitrogens with zero attached hydrogens (tertiary/aromatic N) is 1. The van der Waals surface area contributed by atoms with Crippen molar-refractivity contribution in [2.75, 3.05) is 20.8 Å². The lowest BCUT2D eigenvalue weighted by Gasteiger charge is -2.29. The van der Waals surface area contributed by atoms with Gasteiger partial charge in [0, 0.05) is 22.4 Å². The maximum atomic E-state index is 13.6. The van der Waals surface area contributed by atoms with Gasteiger partial charge in [0.1, 0.15) is 16.4 Å². The lowest BCUT2D eigenvalue weighted by molar-refractivity contribution is 0.329. The highest BCUT2D eigenvalue weighted by Crippen LogP contribution is 2.40. The Bertz CT molecular complexity index is 860. The minimum Gasteiger partial charge on any atom is -0.497 e. The molecule has 0 aliphatic carbocycles. The van der Waals surface area contributed by atoms with Crippen molar-refractivity contribution in [3.05, 3.63) is 40.1 Å². The van der Waals surface area contributed by atoms with Crippen molar-refractivity contribution in [1.29, 1.82) is 0 Å². The summed E-state index contributed by atoms with van der Waals surface area (Å²) in [4.78, 5) is 2.47. The Balaban J connectivity index is 2.08. The van der Waals surface area contributed by atoms with Gasteiger partial charge in [-0.2, -0.15) is 4.31 Å². The number of ether oxygens (including phenoxy) is 2. The summed E-state index contributed by atoms with van der Waals surface area (Å²) in [5.74, 6) is 0.846. The third-order valence-corrected chi connectivity index (χ3v) is 7.78. The fourth-order valence-corrected chi connectivity index (χ4v) is 6.34. The van der Waals surface area contributed by atoms with Crippen molar-refractivity contribution in [3.63, 3.8) is 0 Å². The predicted octanol–water partition coefficient (Wildman–Crippen LogP) is 4.38. The SMILES string of the molecule is COc1ccc(OC)c(S(=O)(=O)N2CCCCCC2c2ccc(C)s2)c1. The van der Waals surface area contributed by atoms with Gasteiger partial charge in [0.15, 0.2) is 0 Å². The van der Waals surface area contributed by atoms with E-state index in [1.54, 1.807) is 33.8 Å². The molecule has 2 aromatic rings. The van der Waals surface area contributed by atoms with E-state index in [0.717, 1.165) is 30.6 Å². The molecular formula is C19H25NO4S2. The van der Waals surface area contributed by atoms with Crippen LogP contribution in [0.25, 0.3) is 0 Å². The topological polar surface area (TPSA) is 55.8 Å². The zero-order chi connectivity index (χ0) is 18.7. The van der Waals surface area contributed by atoms with Gasteiger partial charge in [0.05, 0.1) is 20.3 Å². The van der Waals surface area contributed by atoms with E-state index >= 15 is 0 Å². The molecule has 1 atom stereocenters. The molecule has 142 valence electrons. The van der Waals surface area contributed by atoms with Gasteiger partial charge in [-0.05, 0) is 44.0 Å². The maximum Gasteiger partial charge on any atom is 0.247 e. The van der Waals surface area contributed by atoms with Gasteiger partial charge in [0.2, 0.25) is 10.0 Å². The highest BCUT2D eigenvalue weighted by Gasteiger charge is 2.36. The first-order chi connectivity index (χ1) is 12.5. The van der Waals surface area contributed by atoms with Crippen LogP contribution in [0.4, 0.5) is 0 Å². The number of thiophene rings is 1. The van der Waals surface area contributed by atoms with Crippen LogP contribution < -0.4 is 9.47 Å². The molecule has 0 radical (unpaired) electrons. The molecule has 1 aromatic heterocycles. The largest absolute Gasteiger partial charge is 0.497 e. The van der Waals surface area contributed by atoms with Crippen LogP contribution >= 0.6 is 11.3 Å². The lowest BCUT2D eigenvalue weighted by Crippen LogP contribution is -2.34. The van der Waals surface area contributed by atoms with Gasteiger partial charge in [-0.3, -0.25) is 0 Å². The summed E-state index contributed by atoms with van der Waals surface area (Å²) in [5, 5.41) is 0. The zero-order valence-electron chi connectivity index (χ0n) is 15.4. The molecule has 1 saturated heterocycles. The first kappa shape index (κ1) is 19.2. The molecule has 1 fully saturated rings. The molecule has 0 N–H and O–H groups in total. The van der Waals surface area contributed by atoms with E-state index < -0.39 is 10.0 Å². The average molecular weight is 396 g/mol. The van der Waals surface area contributed by atoms with Crippen molar-refractivity contribution >= 4 is 21.4 Å². The van der Waals surface area contributed by atoms with Crippen LogP contribution in [0.5, 0.6) is 11.5 Å². The van der Waals surface area contributed by atoms with E-state index in [4.69, 9.17) is 9.47 Å². The molecular weight excluding hydrogens is 370 g/mol. The van der Waals surface area contributed by atoms with Crippen LogP contribution in [-0.2, 0) is 10.0 Å².